The Labute approximate surface area is 107 Å². The second-order valence-electron chi connectivity index (χ2n) is 3.17. The molecule has 0 radical (unpaired) electrons. The van der Waals surface area contributed by atoms with Crippen LogP contribution in [0.15, 0.2) is 34.8 Å². The van der Waals surface area contributed by atoms with Gasteiger partial charge in [0.1, 0.15) is 11.1 Å². The largest absolute Gasteiger partial charge is 0.283 e. The molecule has 0 aliphatic rings. The Balaban J connectivity index is 2.41. The van der Waals surface area contributed by atoms with Crippen molar-refractivity contribution < 1.29 is 12.8 Å². The first-order valence-electron chi connectivity index (χ1n) is 4.65. The zero-order valence-electron chi connectivity index (χ0n) is 8.79. The minimum Gasteiger partial charge on any atom is -0.268 e. The standard InChI is InChI=1S/C10H6FN3O2S2/c11-8-2-1-4-13-10(8)18(15,16)14-9-7(6-12)3-5-17-9/h1-5,14H. The van der Waals surface area contributed by atoms with Gasteiger partial charge in [0.15, 0.2) is 5.82 Å². The summed E-state index contributed by atoms with van der Waals surface area (Å²) in [6.45, 7) is 0. The number of nitrogens with one attached hydrogen (secondary N) is 1. The molecular weight excluding hydrogens is 277 g/mol. The van der Waals surface area contributed by atoms with Crippen molar-refractivity contribution in [2.45, 2.75) is 5.03 Å². The molecule has 0 unspecified atom stereocenters. The van der Waals surface area contributed by atoms with Crippen LogP contribution in [-0.2, 0) is 10.0 Å². The summed E-state index contributed by atoms with van der Waals surface area (Å²) in [6.07, 6.45) is 1.18. The van der Waals surface area contributed by atoms with Gasteiger partial charge in [-0.15, -0.1) is 11.3 Å². The topological polar surface area (TPSA) is 82.9 Å². The van der Waals surface area contributed by atoms with Crippen LogP contribution in [0.2, 0.25) is 0 Å². The van der Waals surface area contributed by atoms with Crippen LogP contribution in [0.3, 0.4) is 0 Å². The highest BCUT2D eigenvalue weighted by molar-refractivity contribution is 7.92. The van der Waals surface area contributed by atoms with E-state index in [0.717, 1.165) is 17.4 Å². The number of nitriles is 1. The lowest BCUT2D eigenvalue weighted by Crippen LogP contribution is -2.15. The summed E-state index contributed by atoms with van der Waals surface area (Å²) in [5, 5.41) is 9.77. The van der Waals surface area contributed by atoms with E-state index in [1.165, 1.54) is 18.3 Å². The van der Waals surface area contributed by atoms with E-state index in [1.54, 1.807) is 5.38 Å². The fraction of sp³-hybridized carbons (Fsp3) is 0. The molecule has 0 aliphatic carbocycles. The normalized spacial score (nSPS) is 10.9. The van der Waals surface area contributed by atoms with Crippen molar-refractivity contribution in [3.63, 3.8) is 0 Å². The Morgan fingerprint density at radius 2 is 2.22 bits per heavy atom. The molecule has 2 rings (SSSR count). The van der Waals surface area contributed by atoms with Gasteiger partial charge >= 0.3 is 0 Å². The Bertz CT molecular complexity index is 719. The number of halogens is 1. The fourth-order valence-electron chi connectivity index (χ4n) is 1.22. The molecule has 8 heteroatoms. The summed E-state index contributed by atoms with van der Waals surface area (Å²) in [4.78, 5) is 3.48. The molecule has 0 aromatic carbocycles. The van der Waals surface area contributed by atoms with Crippen LogP contribution in [0, 0.1) is 17.1 Å². The quantitative estimate of drug-likeness (QED) is 0.933. The molecule has 0 saturated heterocycles. The predicted molar refractivity (Wildman–Crippen MR) is 64.0 cm³/mol. The number of thiophene rings is 1. The van der Waals surface area contributed by atoms with Crippen molar-refractivity contribution in [1.82, 2.24) is 4.98 Å². The van der Waals surface area contributed by atoms with Crippen molar-refractivity contribution in [1.29, 1.82) is 5.26 Å². The predicted octanol–water partition coefficient (Wildman–Crippen LogP) is 1.95. The Morgan fingerprint density at radius 1 is 1.44 bits per heavy atom. The minimum atomic E-state index is -4.12. The molecule has 0 spiro atoms. The number of rotatable bonds is 3. The number of nitrogens with zero attached hydrogens (tertiary/aromatic N) is 2. The third-order valence-electron chi connectivity index (χ3n) is 1.99. The molecule has 0 atom stereocenters. The zero-order chi connectivity index (χ0) is 13.2. The lowest BCUT2D eigenvalue weighted by molar-refractivity contribution is 0.557. The fourth-order valence-corrected chi connectivity index (χ4v) is 3.29. The summed E-state index contributed by atoms with van der Waals surface area (Å²) in [7, 11) is -4.12. The summed E-state index contributed by atoms with van der Waals surface area (Å²) in [6, 6.07) is 5.60. The average molecular weight is 283 g/mol. The smallest absolute Gasteiger partial charge is 0.268 e. The van der Waals surface area contributed by atoms with E-state index in [9.17, 15) is 12.8 Å². The molecular formula is C10H6FN3O2S2. The first kappa shape index (κ1) is 12.5. The van der Waals surface area contributed by atoms with Crippen LogP contribution < -0.4 is 4.72 Å². The summed E-state index contributed by atoms with van der Waals surface area (Å²) < 4.78 is 39.2. The van der Waals surface area contributed by atoms with Gasteiger partial charge in [-0.05, 0) is 23.6 Å². The molecule has 92 valence electrons. The van der Waals surface area contributed by atoms with Gasteiger partial charge in [-0.25, -0.2) is 9.37 Å². The molecule has 0 fully saturated rings. The van der Waals surface area contributed by atoms with Gasteiger partial charge in [0.05, 0.1) is 5.56 Å². The number of pyridine rings is 1. The third-order valence-corrected chi connectivity index (χ3v) is 4.23. The van der Waals surface area contributed by atoms with Gasteiger partial charge in [-0.1, -0.05) is 0 Å². The lowest BCUT2D eigenvalue weighted by Gasteiger charge is -2.05. The van der Waals surface area contributed by atoms with Crippen LogP contribution in [0.4, 0.5) is 9.39 Å². The average Bonchev–Trinajstić information content (AvgIpc) is 2.76. The number of aromatic nitrogens is 1. The summed E-state index contributed by atoms with van der Waals surface area (Å²) in [5.74, 6) is -0.944. The lowest BCUT2D eigenvalue weighted by atomic mass is 10.4. The van der Waals surface area contributed by atoms with Gasteiger partial charge in [-0.2, -0.15) is 13.7 Å². The van der Waals surface area contributed by atoms with E-state index in [-0.39, 0.29) is 10.6 Å². The highest BCUT2D eigenvalue weighted by atomic mass is 32.2. The maximum absolute atomic E-state index is 13.4. The van der Waals surface area contributed by atoms with E-state index in [4.69, 9.17) is 5.26 Å². The second-order valence-corrected chi connectivity index (χ2v) is 5.68. The van der Waals surface area contributed by atoms with Crippen molar-refractivity contribution in [2.75, 3.05) is 4.72 Å². The maximum atomic E-state index is 13.4. The molecule has 2 heterocycles. The molecule has 1 N–H and O–H groups in total. The number of anilines is 1. The van der Waals surface area contributed by atoms with E-state index in [0.29, 0.717) is 0 Å². The molecule has 0 bridgehead atoms. The highest BCUT2D eigenvalue weighted by Gasteiger charge is 2.22. The van der Waals surface area contributed by atoms with Gasteiger partial charge in [0.25, 0.3) is 10.0 Å². The van der Waals surface area contributed by atoms with Crippen LogP contribution in [0.1, 0.15) is 5.56 Å². The van der Waals surface area contributed by atoms with Crippen molar-refractivity contribution >= 4 is 26.4 Å². The molecule has 0 saturated carbocycles. The molecule has 0 amide bonds. The molecule has 2 aromatic heterocycles. The van der Waals surface area contributed by atoms with Crippen LogP contribution >= 0.6 is 11.3 Å². The van der Waals surface area contributed by atoms with Gasteiger partial charge in [0.2, 0.25) is 5.03 Å². The molecule has 5 nitrogen and oxygen atoms in total. The Morgan fingerprint density at radius 3 is 2.89 bits per heavy atom. The Kier molecular flexibility index (Phi) is 3.27. The summed E-state index contributed by atoms with van der Waals surface area (Å²) >= 11 is 1.04. The minimum absolute atomic E-state index is 0.141. The zero-order valence-corrected chi connectivity index (χ0v) is 10.4. The molecule has 0 aliphatic heterocycles. The Hall–Kier alpha value is -1.98. The highest BCUT2D eigenvalue weighted by Crippen LogP contribution is 2.25. The van der Waals surface area contributed by atoms with Gasteiger partial charge in [-0.3, -0.25) is 4.72 Å². The van der Waals surface area contributed by atoms with Crippen molar-refractivity contribution in [2.24, 2.45) is 0 Å². The van der Waals surface area contributed by atoms with E-state index < -0.39 is 20.9 Å². The summed E-state index contributed by atoms with van der Waals surface area (Å²) in [5.41, 5.74) is 0.180. The van der Waals surface area contributed by atoms with Crippen LogP contribution in [0.5, 0.6) is 0 Å². The SMILES string of the molecule is N#Cc1ccsc1NS(=O)(=O)c1ncccc1F. The van der Waals surface area contributed by atoms with Crippen molar-refractivity contribution in [3.8, 4) is 6.07 Å². The first-order valence-corrected chi connectivity index (χ1v) is 7.02. The number of sulfonamides is 1. The van der Waals surface area contributed by atoms with Crippen LogP contribution in [-0.4, -0.2) is 13.4 Å². The van der Waals surface area contributed by atoms with E-state index in [1.807, 2.05) is 6.07 Å². The molecule has 18 heavy (non-hydrogen) atoms. The van der Waals surface area contributed by atoms with Gasteiger partial charge in [0, 0.05) is 6.20 Å². The monoisotopic (exact) mass is 283 g/mol. The van der Waals surface area contributed by atoms with E-state index >= 15 is 0 Å². The first-order chi connectivity index (χ1) is 8.54. The molecule has 2 aromatic rings. The number of hydrogen-bond acceptors (Lipinski definition) is 5. The van der Waals surface area contributed by atoms with E-state index in [2.05, 4.69) is 9.71 Å². The van der Waals surface area contributed by atoms with Gasteiger partial charge < -0.3 is 0 Å². The van der Waals surface area contributed by atoms with Crippen LogP contribution in [0.25, 0.3) is 0 Å². The number of hydrogen-bond donors (Lipinski definition) is 1. The third kappa shape index (κ3) is 2.32. The van der Waals surface area contributed by atoms with Crippen molar-refractivity contribution in [3.05, 3.63) is 41.2 Å². The maximum Gasteiger partial charge on any atom is 0.283 e. The second kappa shape index (κ2) is 4.72.